The number of carbonyl (C=O) groups is 1. The van der Waals surface area contributed by atoms with E-state index in [0.717, 1.165) is 0 Å². The molecule has 0 fully saturated rings. The van der Waals surface area contributed by atoms with Gasteiger partial charge in [-0.15, -0.1) is 5.10 Å². The van der Waals surface area contributed by atoms with Crippen molar-refractivity contribution in [3.8, 4) is 0 Å². The van der Waals surface area contributed by atoms with Crippen LogP contribution in [0.3, 0.4) is 0 Å². The zero-order valence-electron chi connectivity index (χ0n) is 14.1. The first-order valence-corrected chi connectivity index (χ1v) is 9.73. The fourth-order valence-electron chi connectivity index (χ4n) is 2.32. The molecule has 0 atom stereocenters. The van der Waals surface area contributed by atoms with Gasteiger partial charge in [0.25, 0.3) is 5.91 Å². The van der Waals surface area contributed by atoms with Gasteiger partial charge in [-0.25, -0.2) is 12.8 Å². The number of sulfone groups is 1. The zero-order valence-corrected chi connectivity index (χ0v) is 14.9. The second-order valence-corrected chi connectivity index (χ2v) is 7.55. The van der Waals surface area contributed by atoms with Crippen LogP contribution in [0.5, 0.6) is 0 Å². The van der Waals surface area contributed by atoms with Crippen LogP contribution in [0.15, 0.2) is 64.2 Å². The quantitative estimate of drug-likeness (QED) is 0.664. The van der Waals surface area contributed by atoms with E-state index < -0.39 is 26.6 Å². The number of aromatic nitrogens is 2. The maximum atomic E-state index is 13.7. The molecular weight excluding hydrogens is 373 g/mol. The van der Waals surface area contributed by atoms with Gasteiger partial charge >= 0.3 is 5.22 Å². The average molecular weight is 389 g/mol. The molecule has 1 aromatic heterocycles. The van der Waals surface area contributed by atoms with Gasteiger partial charge in [0.05, 0.1) is 5.75 Å². The molecule has 27 heavy (non-hydrogen) atoms. The van der Waals surface area contributed by atoms with Gasteiger partial charge in [0.15, 0.2) is 0 Å². The Morgan fingerprint density at radius 1 is 1.04 bits per heavy atom. The van der Waals surface area contributed by atoms with Crippen LogP contribution >= 0.6 is 0 Å². The van der Waals surface area contributed by atoms with Crippen molar-refractivity contribution < 1.29 is 22.0 Å². The highest BCUT2D eigenvalue weighted by Gasteiger charge is 2.24. The molecule has 0 unspecified atom stereocenters. The molecule has 3 aromatic rings. The average Bonchev–Trinajstić information content (AvgIpc) is 3.14. The van der Waals surface area contributed by atoms with E-state index in [2.05, 4.69) is 15.5 Å². The Morgan fingerprint density at radius 2 is 1.74 bits per heavy atom. The molecule has 0 aliphatic carbocycles. The maximum absolute atomic E-state index is 13.7. The lowest BCUT2D eigenvalue weighted by Crippen LogP contribution is -2.25. The number of nitrogens with zero attached hydrogens (tertiary/aromatic N) is 2. The van der Waals surface area contributed by atoms with Crippen LogP contribution in [0.25, 0.3) is 0 Å². The fourth-order valence-corrected chi connectivity index (χ4v) is 3.48. The number of amides is 1. The maximum Gasteiger partial charge on any atom is 0.335 e. The second kappa shape index (κ2) is 8.09. The first-order chi connectivity index (χ1) is 13.0. The van der Waals surface area contributed by atoms with Crippen molar-refractivity contribution >= 4 is 15.7 Å². The third kappa shape index (κ3) is 4.76. The van der Waals surface area contributed by atoms with Crippen molar-refractivity contribution in [3.05, 3.63) is 77.4 Å². The van der Waals surface area contributed by atoms with E-state index in [4.69, 9.17) is 4.42 Å². The highest BCUT2D eigenvalue weighted by molar-refractivity contribution is 7.90. The third-order valence-corrected chi connectivity index (χ3v) is 5.07. The number of hydrogen-bond acceptors (Lipinski definition) is 6. The van der Waals surface area contributed by atoms with E-state index in [1.165, 1.54) is 18.2 Å². The summed E-state index contributed by atoms with van der Waals surface area (Å²) >= 11 is 0. The number of nitrogens with one attached hydrogen (secondary N) is 1. The topological polar surface area (TPSA) is 102 Å². The van der Waals surface area contributed by atoms with E-state index in [1.807, 2.05) is 0 Å². The summed E-state index contributed by atoms with van der Waals surface area (Å²) < 4.78 is 43.4. The lowest BCUT2D eigenvalue weighted by atomic mass is 10.2. The molecule has 0 bridgehead atoms. The molecule has 1 heterocycles. The molecule has 140 valence electrons. The molecule has 1 amide bonds. The molecule has 0 saturated carbocycles. The molecule has 0 aliphatic heterocycles. The van der Waals surface area contributed by atoms with Gasteiger partial charge in [-0.1, -0.05) is 41.5 Å². The summed E-state index contributed by atoms with van der Waals surface area (Å²) in [6.07, 6.45) is 0.167. The summed E-state index contributed by atoms with van der Waals surface area (Å²) in [5, 5.41) is 9.31. The van der Waals surface area contributed by atoms with Crippen molar-refractivity contribution in [2.45, 2.75) is 17.4 Å². The van der Waals surface area contributed by atoms with Gasteiger partial charge in [0, 0.05) is 24.1 Å². The predicted octanol–water partition coefficient (Wildman–Crippen LogP) is 2.16. The highest BCUT2D eigenvalue weighted by atomic mass is 32.2. The summed E-state index contributed by atoms with van der Waals surface area (Å²) in [7, 11) is -3.97. The smallest absolute Gasteiger partial charge is 0.335 e. The standard InChI is InChI=1S/C18H16FN3O4S/c19-15-9-5-4-8-14(15)12-27(24,25)18-22-21-16(26-18)10-11-20-17(23)13-6-2-1-3-7-13/h1-9H,10-12H2,(H,20,23). The molecule has 9 heteroatoms. The van der Waals surface area contributed by atoms with E-state index in [0.29, 0.717) is 5.56 Å². The van der Waals surface area contributed by atoms with Crippen LogP contribution < -0.4 is 5.32 Å². The second-order valence-electron chi connectivity index (χ2n) is 5.68. The molecule has 0 spiro atoms. The summed E-state index contributed by atoms with van der Waals surface area (Å²) in [6, 6.07) is 14.2. The first-order valence-electron chi connectivity index (χ1n) is 8.07. The van der Waals surface area contributed by atoms with Crippen LogP contribution in [-0.4, -0.2) is 31.1 Å². The van der Waals surface area contributed by atoms with E-state index in [-0.39, 0.29) is 30.3 Å². The zero-order chi connectivity index (χ0) is 19.3. The summed E-state index contributed by atoms with van der Waals surface area (Å²) in [6.45, 7) is 0.197. The van der Waals surface area contributed by atoms with Crippen molar-refractivity contribution in [2.75, 3.05) is 6.54 Å². The number of rotatable bonds is 7. The molecule has 7 nitrogen and oxygen atoms in total. The fraction of sp³-hybridized carbons (Fsp3) is 0.167. The van der Waals surface area contributed by atoms with Crippen molar-refractivity contribution in [1.82, 2.24) is 15.5 Å². The molecular formula is C18H16FN3O4S. The minimum atomic E-state index is -3.97. The monoisotopic (exact) mass is 389 g/mol. The summed E-state index contributed by atoms with van der Waals surface area (Å²) in [5.74, 6) is -1.39. The predicted molar refractivity (Wildman–Crippen MR) is 94.1 cm³/mol. The first kappa shape index (κ1) is 18.7. The van der Waals surface area contributed by atoms with Crippen LogP contribution in [0, 0.1) is 5.82 Å². The van der Waals surface area contributed by atoms with E-state index in [1.54, 1.807) is 36.4 Å². The van der Waals surface area contributed by atoms with Gasteiger partial charge in [-0.05, 0) is 18.2 Å². The Labute approximate surface area is 155 Å². The van der Waals surface area contributed by atoms with Crippen molar-refractivity contribution in [3.63, 3.8) is 0 Å². The normalized spacial score (nSPS) is 11.3. The van der Waals surface area contributed by atoms with Crippen LogP contribution in [0.2, 0.25) is 0 Å². The van der Waals surface area contributed by atoms with Gasteiger partial charge < -0.3 is 9.73 Å². The largest absolute Gasteiger partial charge is 0.412 e. The lowest BCUT2D eigenvalue weighted by Gasteiger charge is -2.03. The minimum absolute atomic E-state index is 0.0207. The van der Waals surface area contributed by atoms with Crippen LogP contribution in [-0.2, 0) is 22.0 Å². The third-order valence-electron chi connectivity index (χ3n) is 3.68. The highest BCUT2D eigenvalue weighted by Crippen LogP contribution is 2.17. The van der Waals surface area contributed by atoms with E-state index in [9.17, 15) is 17.6 Å². The minimum Gasteiger partial charge on any atom is -0.412 e. The molecule has 0 saturated heterocycles. The molecule has 0 aliphatic rings. The van der Waals surface area contributed by atoms with Crippen LogP contribution in [0.4, 0.5) is 4.39 Å². The molecule has 1 N–H and O–H groups in total. The number of benzene rings is 2. The van der Waals surface area contributed by atoms with Gasteiger partial charge in [0.1, 0.15) is 5.82 Å². The van der Waals surface area contributed by atoms with Gasteiger partial charge in [0.2, 0.25) is 15.7 Å². The van der Waals surface area contributed by atoms with Gasteiger partial charge in [-0.3, -0.25) is 4.79 Å². The van der Waals surface area contributed by atoms with Gasteiger partial charge in [-0.2, -0.15) is 0 Å². The van der Waals surface area contributed by atoms with E-state index >= 15 is 0 Å². The summed E-state index contributed by atoms with van der Waals surface area (Å²) in [5.41, 5.74) is 0.531. The Bertz CT molecular complexity index is 1040. The summed E-state index contributed by atoms with van der Waals surface area (Å²) in [4.78, 5) is 11.9. The Hall–Kier alpha value is -3.07. The van der Waals surface area contributed by atoms with Crippen molar-refractivity contribution in [1.29, 1.82) is 0 Å². The molecule has 0 radical (unpaired) electrons. The molecule has 3 rings (SSSR count). The number of hydrogen-bond donors (Lipinski definition) is 1. The van der Waals surface area contributed by atoms with Crippen LogP contribution in [0.1, 0.15) is 21.8 Å². The molecule has 2 aromatic carbocycles. The Balaban J connectivity index is 1.59. The lowest BCUT2D eigenvalue weighted by molar-refractivity contribution is 0.0953. The Kier molecular flexibility index (Phi) is 5.60. The SMILES string of the molecule is O=C(NCCc1nnc(S(=O)(=O)Cc2ccccc2F)o1)c1ccccc1. The van der Waals surface area contributed by atoms with Crippen molar-refractivity contribution in [2.24, 2.45) is 0 Å². The number of carbonyl (C=O) groups excluding carboxylic acids is 1. The number of halogens is 1. The Morgan fingerprint density at radius 3 is 2.48 bits per heavy atom.